The van der Waals surface area contributed by atoms with Gasteiger partial charge in [-0.1, -0.05) is 50.6 Å². The molecule has 1 atom stereocenters. The van der Waals surface area contributed by atoms with Gasteiger partial charge in [-0.2, -0.15) is 0 Å². The Hall–Kier alpha value is -1.35. The summed E-state index contributed by atoms with van der Waals surface area (Å²) in [6, 6.07) is 10.9. The van der Waals surface area contributed by atoms with Crippen LogP contribution in [-0.2, 0) is 11.2 Å². The van der Waals surface area contributed by atoms with Crippen LogP contribution in [0.25, 0.3) is 0 Å². The SMILES string of the molecule is CCN(CC)[C@H](CNC(=O)C1CCC1)Cc1ccccc1. The number of amides is 1. The second-order valence-electron chi connectivity index (χ2n) is 5.94. The quantitative estimate of drug-likeness (QED) is 0.798. The van der Waals surface area contributed by atoms with Crippen LogP contribution in [0.1, 0.15) is 38.7 Å². The van der Waals surface area contributed by atoms with Crippen LogP contribution in [0.15, 0.2) is 30.3 Å². The highest BCUT2D eigenvalue weighted by atomic mass is 16.1. The van der Waals surface area contributed by atoms with Crippen molar-refractivity contribution in [3.8, 4) is 0 Å². The Morgan fingerprint density at radius 2 is 1.90 bits per heavy atom. The van der Waals surface area contributed by atoms with Crippen LogP contribution in [0.2, 0.25) is 0 Å². The second kappa shape index (κ2) is 8.18. The zero-order valence-electron chi connectivity index (χ0n) is 13.3. The van der Waals surface area contributed by atoms with Gasteiger partial charge in [-0.05, 0) is 37.9 Å². The summed E-state index contributed by atoms with van der Waals surface area (Å²) < 4.78 is 0. The molecular formula is C18H28N2O. The van der Waals surface area contributed by atoms with Crippen LogP contribution >= 0.6 is 0 Å². The third-order valence-electron chi connectivity index (χ3n) is 4.63. The summed E-state index contributed by atoms with van der Waals surface area (Å²) >= 11 is 0. The molecule has 1 fully saturated rings. The summed E-state index contributed by atoms with van der Waals surface area (Å²) in [5.74, 6) is 0.533. The Labute approximate surface area is 128 Å². The predicted molar refractivity (Wildman–Crippen MR) is 87.2 cm³/mol. The highest BCUT2D eigenvalue weighted by molar-refractivity contribution is 5.79. The van der Waals surface area contributed by atoms with Gasteiger partial charge in [0, 0.05) is 18.5 Å². The number of nitrogens with one attached hydrogen (secondary N) is 1. The van der Waals surface area contributed by atoms with Crippen molar-refractivity contribution in [2.45, 2.75) is 45.6 Å². The summed E-state index contributed by atoms with van der Waals surface area (Å²) in [6.07, 6.45) is 4.34. The average Bonchev–Trinajstić information content (AvgIpc) is 2.45. The van der Waals surface area contributed by atoms with Gasteiger partial charge in [0.1, 0.15) is 0 Å². The van der Waals surface area contributed by atoms with Crippen molar-refractivity contribution in [2.24, 2.45) is 5.92 Å². The van der Waals surface area contributed by atoms with E-state index in [0.717, 1.165) is 38.9 Å². The van der Waals surface area contributed by atoms with Gasteiger partial charge in [-0.25, -0.2) is 0 Å². The molecule has 1 aliphatic carbocycles. The van der Waals surface area contributed by atoms with Crippen LogP contribution in [0.3, 0.4) is 0 Å². The first-order valence-electron chi connectivity index (χ1n) is 8.30. The smallest absolute Gasteiger partial charge is 0.223 e. The largest absolute Gasteiger partial charge is 0.354 e. The maximum Gasteiger partial charge on any atom is 0.223 e. The van der Waals surface area contributed by atoms with Crippen molar-refractivity contribution in [2.75, 3.05) is 19.6 Å². The lowest BCUT2D eigenvalue weighted by Crippen LogP contribution is -2.47. The number of benzene rings is 1. The number of rotatable bonds is 8. The molecule has 1 aromatic carbocycles. The molecule has 0 aromatic heterocycles. The first kappa shape index (κ1) is 16.0. The maximum atomic E-state index is 12.1. The number of hydrogen-bond donors (Lipinski definition) is 1. The molecule has 1 aliphatic rings. The van der Waals surface area contributed by atoms with Gasteiger partial charge < -0.3 is 5.32 Å². The minimum atomic E-state index is 0.256. The van der Waals surface area contributed by atoms with Gasteiger partial charge in [0.15, 0.2) is 0 Å². The molecule has 1 N–H and O–H groups in total. The number of hydrogen-bond acceptors (Lipinski definition) is 2. The highest BCUT2D eigenvalue weighted by Gasteiger charge is 2.26. The summed E-state index contributed by atoms with van der Waals surface area (Å²) in [4.78, 5) is 14.5. The first-order valence-corrected chi connectivity index (χ1v) is 8.30. The van der Waals surface area contributed by atoms with E-state index in [4.69, 9.17) is 0 Å². The van der Waals surface area contributed by atoms with Gasteiger partial charge in [0.25, 0.3) is 0 Å². The van der Waals surface area contributed by atoms with Crippen LogP contribution in [0, 0.1) is 5.92 Å². The fourth-order valence-corrected chi connectivity index (χ4v) is 2.99. The van der Waals surface area contributed by atoms with E-state index in [1.54, 1.807) is 0 Å². The summed E-state index contributed by atoms with van der Waals surface area (Å²) in [5, 5.41) is 3.17. The van der Waals surface area contributed by atoms with E-state index in [-0.39, 0.29) is 11.8 Å². The molecule has 3 heteroatoms. The highest BCUT2D eigenvalue weighted by Crippen LogP contribution is 2.26. The van der Waals surface area contributed by atoms with E-state index in [1.165, 1.54) is 12.0 Å². The molecule has 0 radical (unpaired) electrons. The Bertz CT molecular complexity index is 424. The monoisotopic (exact) mass is 288 g/mol. The Morgan fingerprint density at radius 1 is 1.24 bits per heavy atom. The molecule has 1 amide bonds. The van der Waals surface area contributed by atoms with E-state index in [9.17, 15) is 4.79 Å². The molecule has 0 spiro atoms. The Morgan fingerprint density at radius 3 is 2.43 bits per heavy atom. The molecule has 0 bridgehead atoms. The number of carbonyl (C=O) groups is 1. The molecule has 2 rings (SSSR count). The van der Waals surface area contributed by atoms with Crippen LogP contribution in [0.4, 0.5) is 0 Å². The van der Waals surface area contributed by atoms with Crippen molar-refractivity contribution in [1.29, 1.82) is 0 Å². The molecule has 0 unspecified atom stereocenters. The molecular weight excluding hydrogens is 260 g/mol. The van der Waals surface area contributed by atoms with E-state index in [2.05, 4.69) is 48.3 Å². The lowest BCUT2D eigenvalue weighted by Gasteiger charge is -2.31. The molecule has 116 valence electrons. The average molecular weight is 288 g/mol. The molecule has 21 heavy (non-hydrogen) atoms. The molecule has 3 nitrogen and oxygen atoms in total. The summed E-state index contributed by atoms with van der Waals surface area (Å²) in [6.45, 7) is 7.18. The van der Waals surface area contributed by atoms with Crippen molar-refractivity contribution in [3.63, 3.8) is 0 Å². The van der Waals surface area contributed by atoms with E-state index >= 15 is 0 Å². The molecule has 1 aromatic rings. The number of nitrogens with zero attached hydrogens (tertiary/aromatic N) is 1. The second-order valence-corrected chi connectivity index (χ2v) is 5.94. The van der Waals surface area contributed by atoms with Crippen molar-refractivity contribution >= 4 is 5.91 Å². The lowest BCUT2D eigenvalue weighted by molar-refractivity contribution is -0.127. The maximum absolute atomic E-state index is 12.1. The molecule has 0 aliphatic heterocycles. The van der Waals surface area contributed by atoms with E-state index in [1.807, 2.05) is 6.07 Å². The lowest BCUT2D eigenvalue weighted by atomic mass is 9.85. The normalized spacial score (nSPS) is 16.5. The van der Waals surface area contributed by atoms with Crippen LogP contribution < -0.4 is 5.32 Å². The third-order valence-corrected chi connectivity index (χ3v) is 4.63. The molecule has 0 heterocycles. The molecule has 0 saturated heterocycles. The number of carbonyl (C=O) groups excluding carboxylic acids is 1. The standard InChI is InChI=1S/C18H28N2O/c1-3-20(4-2)17(13-15-9-6-5-7-10-15)14-19-18(21)16-11-8-12-16/h5-7,9-10,16-17H,3-4,8,11-14H2,1-2H3,(H,19,21)/t17-/m0/s1. The Kier molecular flexibility index (Phi) is 6.24. The summed E-state index contributed by atoms with van der Waals surface area (Å²) in [7, 11) is 0. The van der Waals surface area contributed by atoms with Gasteiger partial charge in [-0.3, -0.25) is 9.69 Å². The first-order chi connectivity index (χ1) is 10.2. The summed E-state index contributed by atoms with van der Waals surface area (Å²) in [5.41, 5.74) is 1.34. The minimum absolute atomic E-state index is 0.256. The number of likely N-dealkylation sites (N-methyl/N-ethyl adjacent to an activating group) is 1. The van der Waals surface area contributed by atoms with Crippen molar-refractivity contribution in [1.82, 2.24) is 10.2 Å². The van der Waals surface area contributed by atoms with Crippen LogP contribution in [-0.4, -0.2) is 36.5 Å². The van der Waals surface area contributed by atoms with Crippen molar-refractivity contribution < 1.29 is 4.79 Å². The Balaban J connectivity index is 1.92. The van der Waals surface area contributed by atoms with E-state index in [0.29, 0.717) is 6.04 Å². The van der Waals surface area contributed by atoms with Gasteiger partial charge in [0.2, 0.25) is 5.91 Å². The fraction of sp³-hybridized carbons (Fsp3) is 0.611. The third kappa shape index (κ3) is 4.57. The minimum Gasteiger partial charge on any atom is -0.354 e. The van der Waals surface area contributed by atoms with Crippen molar-refractivity contribution in [3.05, 3.63) is 35.9 Å². The topological polar surface area (TPSA) is 32.3 Å². The van der Waals surface area contributed by atoms with Crippen LogP contribution in [0.5, 0.6) is 0 Å². The zero-order chi connectivity index (χ0) is 15.1. The van der Waals surface area contributed by atoms with Gasteiger partial charge in [0.05, 0.1) is 0 Å². The fourth-order valence-electron chi connectivity index (χ4n) is 2.99. The zero-order valence-corrected chi connectivity index (χ0v) is 13.3. The predicted octanol–water partition coefficient (Wildman–Crippen LogP) is 2.86. The van der Waals surface area contributed by atoms with Gasteiger partial charge >= 0.3 is 0 Å². The van der Waals surface area contributed by atoms with Gasteiger partial charge in [-0.15, -0.1) is 0 Å². The van der Waals surface area contributed by atoms with E-state index < -0.39 is 0 Å². The molecule has 1 saturated carbocycles.